The van der Waals surface area contributed by atoms with Gasteiger partial charge in [-0.05, 0) is 46.8 Å². The van der Waals surface area contributed by atoms with Crippen LogP contribution in [0.5, 0.6) is 0 Å². The standard InChI is InChI=1S/C14H30N2O2/c1-6-15-13(14(2,3)17-5)7-9-16(4)12-8-10-18-11-12/h12-13,15H,6-11H2,1-5H3. The molecule has 4 nitrogen and oxygen atoms in total. The zero-order chi connectivity index (χ0) is 13.6. The molecule has 18 heavy (non-hydrogen) atoms. The van der Waals surface area contributed by atoms with E-state index in [1.54, 1.807) is 7.11 Å². The Hall–Kier alpha value is -0.160. The monoisotopic (exact) mass is 258 g/mol. The maximum absolute atomic E-state index is 5.60. The van der Waals surface area contributed by atoms with Crippen LogP contribution in [0.25, 0.3) is 0 Å². The van der Waals surface area contributed by atoms with Crippen molar-refractivity contribution in [1.29, 1.82) is 0 Å². The highest BCUT2D eigenvalue weighted by Gasteiger charge is 2.29. The molecule has 0 radical (unpaired) electrons. The molecule has 108 valence electrons. The third-order valence-electron chi connectivity index (χ3n) is 4.12. The summed E-state index contributed by atoms with van der Waals surface area (Å²) >= 11 is 0. The predicted octanol–water partition coefficient (Wildman–Crippen LogP) is 1.50. The first-order valence-corrected chi connectivity index (χ1v) is 7.07. The van der Waals surface area contributed by atoms with Gasteiger partial charge in [-0.1, -0.05) is 6.92 Å². The number of hydrogen-bond acceptors (Lipinski definition) is 4. The van der Waals surface area contributed by atoms with E-state index in [0.717, 1.165) is 39.1 Å². The first-order chi connectivity index (χ1) is 8.51. The number of likely N-dealkylation sites (N-methyl/N-ethyl adjacent to an activating group) is 2. The maximum Gasteiger partial charge on any atom is 0.0775 e. The molecule has 0 spiro atoms. The van der Waals surface area contributed by atoms with E-state index in [4.69, 9.17) is 9.47 Å². The van der Waals surface area contributed by atoms with Gasteiger partial charge in [0, 0.05) is 25.8 Å². The van der Waals surface area contributed by atoms with E-state index in [9.17, 15) is 0 Å². The Labute approximate surface area is 112 Å². The van der Waals surface area contributed by atoms with E-state index >= 15 is 0 Å². The van der Waals surface area contributed by atoms with Crippen LogP contribution in [0.2, 0.25) is 0 Å². The van der Waals surface area contributed by atoms with Crippen LogP contribution in [-0.4, -0.2) is 63.0 Å². The summed E-state index contributed by atoms with van der Waals surface area (Å²) in [7, 11) is 3.99. The van der Waals surface area contributed by atoms with Crippen molar-refractivity contribution < 1.29 is 9.47 Å². The summed E-state index contributed by atoms with van der Waals surface area (Å²) < 4.78 is 11.0. The van der Waals surface area contributed by atoms with Gasteiger partial charge in [0.05, 0.1) is 12.2 Å². The molecule has 1 saturated heterocycles. The Kier molecular flexibility index (Phi) is 6.57. The quantitative estimate of drug-likeness (QED) is 0.715. The average molecular weight is 258 g/mol. The summed E-state index contributed by atoms with van der Waals surface area (Å²) in [5, 5.41) is 3.54. The van der Waals surface area contributed by atoms with Gasteiger partial charge in [-0.25, -0.2) is 0 Å². The molecule has 2 atom stereocenters. The van der Waals surface area contributed by atoms with Crippen LogP contribution >= 0.6 is 0 Å². The summed E-state index contributed by atoms with van der Waals surface area (Å²) in [6.07, 6.45) is 2.26. The van der Waals surface area contributed by atoms with Gasteiger partial charge in [0.15, 0.2) is 0 Å². The predicted molar refractivity (Wildman–Crippen MR) is 75.0 cm³/mol. The summed E-state index contributed by atoms with van der Waals surface area (Å²) in [5.74, 6) is 0. The van der Waals surface area contributed by atoms with Gasteiger partial charge in [-0.15, -0.1) is 0 Å². The molecule has 1 fully saturated rings. The highest BCUT2D eigenvalue weighted by molar-refractivity contribution is 4.86. The largest absolute Gasteiger partial charge is 0.380 e. The molecule has 2 unspecified atom stereocenters. The van der Waals surface area contributed by atoms with Gasteiger partial charge < -0.3 is 19.7 Å². The van der Waals surface area contributed by atoms with Crippen LogP contribution in [0.3, 0.4) is 0 Å². The Morgan fingerprint density at radius 3 is 2.72 bits per heavy atom. The highest BCUT2D eigenvalue weighted by atomic mass is 16.5. The zero-order valence-electron chi connectivity index (χ0n) is 12.7. The van der Waals surface area contributed by atoms with Crippen LogP contribution in [0.15, 0.2) is 0 Å². The molecule has 1 N–H and O–H groups in total. The van der Waals surface area contributed by atoms with Crippen molar-refractivity contribution >= 4 is 0 Å². The molecule has 0 aliphatic carbocycles. The molecule has 1 rings (SSSR count). The lowest BCUT2D eigenvalue weighted by molar-refractivity contribution is -0.0148. The lowest BCUT2D eigenvalue weighted by Gasteiger charge is -2.35. The van der Waals surface area contributed by atoms with Gasteiger partial charge in [0.1, 0.15) is 0 Å². The number of methoxy groups -OCH3 is 1. The number of ether oxygens (including phenoxy) is 2. The van der Waals surface area contributed by atoms with Crippen LogP contribution in [0.4, 0.5) is 0 Å². The summed E-state index contributed by atoms with van der Waals surface area (Å²) in [6, 6.07) is 0.982. The number of nitrogens with one attached hydrogen (secondary N) is 1. The third kappa shape index (κ3) is 4.50. The van der Waals surface area contributed by atoms with E-state index in [1.165, 1.54) is 0 Å². The van der Waals surface area contributed by atoms with Crippen molar-refractivity contribution in [3.05, 3.63) is 0 Å². The Morgan fingerprint density at radius 2 is 2.22 bits per heavy atom. The van der Waals surface area contributed by atoms with Crippen molar-refractivity contribution in [2.24, 2.45) is 0 Å². The topological polar surface area (TPSA) is 33.7 Å². The molecule has 1 aliphatic heterocycles. The molecular weight excluding hydrogens is 228 g/mol. The summed E-state index contributed by atoms with van der Waals surface area (Å²) in [5.41, 5.74) is -0.122. The average Bonchev–Trinajstić information content (AvgIpc) is 2.87. The molecule has 0 amide bonds. The Balaban J connectivity index is 2.41. The SMILES string of the molecule is CCNC(CCN(C)C1CCOC1)C(C)(C)OC. The fourth-order valence-corrected chi connectivity index (χ4v) is 2.47. The van der Waals surface area contributed by atoms with Gasteiger partial charge in [0.25, 0.3) is 0 Å². The molecule has 4 heteroatoms. The molecule has 0 bridgehead atoms. The fourth-order valence-electron chi connectivity index (χ4n) is 2.47. The number of nitrogens with zero attached hydrogens (tertiary/aromatic N) is 1. The van der Waals surface area contributed by atoms with Crippen molar-refractivity contribution in [2.45, 2.75) is 51.3 Å². The molecule has 0 aromatic heterocycles. The second-order valence-electron chi connectivity index (χ2n) is 5.70. The molecule has 0 aromatic carbocycles. The van der Waals surface area contributed by atoms with Gasteiger partial charge in [0.2, 0.25) is 0 Å². The normalized spacial score (nSPS) is 22.7. The molecule has 1 aliphatic rings. The maximum atomic E-state index is 5.60. The van der Waals surface area contributed by atoms with Crippen molar-refractivity contribution in [2.75, 3.05) is 40.5 Å². The van der Waals surface area contributed by atoms with Gasteiger partial charge in [-0.2, -0.15) is 0 Å². The first-order valence-electron chi connectivity index (χ1n) is 7.07. The van der Waals surface area contributed by atoms with Gasteiger partial charge >= 0.3 is 0 Å². The van der Waals surface area contributed by atoms with Crippen molar-refractivity contribution in [3.8, 4) is 0 Å². The third-order valence-corrected chi connectivity index (χ3v) is 4.12. The molecule has 0 aromatic rings. The summed E-state index contributed by atoms with van der Waals surface area (Å²) in [4.78, 5) is 2.42. The Bertz CT molecular complexity index is 228. The van der Waals surface area contributed by atoms with Crippen LogP contribution in [0.1, 0.15) is 33.6 Å². The van der Waals surface area contributed by atoms with E-state index in [2.05, 4.69) is 38.0 Å². The fraction of sp³-hybridized carbons (Fsp3) is 1.00. The minimum Gasteiger partial charge on any atom is -0.380 e. The smallest absolute Gasteiger partial charge is 0.0775 e. The van der Waals surface area contributed by atoms with E-state index in [1.807, 2.05) is 0 Å². The van der Waals surface area contributed by atoms with Crippen LogP contribution in [-0.2, 0) is 9.47 Å². The lowest BCUT2D eigenvalue weighted by Crippen LogP contribution is -2.50. The molecule has 1 heterocycles. The van der Waals surface area contributed by atoms with Crippen LogP contribution in [0, 0.1) is 0 Å². The second-order valence-corrected chi connectivity index (χ2v) is 5.70. The van der Waals surface area contributed by atoms with Gasteiger partial charge in [-0.3, -0.25) is 0 Å². The highest BCUT2D eigenvalue weighted by Crippen LogP contribution is 2.18. The second kappa shape index (κ2) is 7.43. The summed E-state index contributed by atoms with van der Waals surface area (Å²) in [6.45, 7) is 10.3. The van der Waals surface area contributed by atoms with Crippen LogP contribution < -0.4 is 5.32 Å². The van der Waals surface area contributed by atoms with Crippen molar-refractivity contribution in [1.82, 2.24) is 10.2 Å². The lowest BCUT2D eigenvalue weighted by atomic mass is 9.95. The Morgan fingerprint density at radius 1 is 1.50 bits per heavy atom. The van der Waals surface area contributed by atoms with Crippen molar-refractivity contribution in [3.63, 3.8) is 0 Å². The molecule has 0 saturated carbocycles. The molecular formula is C14H30N2O2. The minimum atomic E-state index is -0.122. The van der Waals surface area contributed by atoms with E-state index in [-0.39, 0.29) is 5.60 Å². The number of hydrogen-bond donors (Lipinski definition) is 1. The zero-order valence-corrected chi connectivity index (χ0v) is 12.7. The first kappa shape index (κ1) is 15.9. The van der Waals surface area contributed by atoms with E-state index in [0.29, 0.717) is 12.1 Å². The number of rotatable bonds is 8. The van der Waals surface area contributed by atoms with E-state index < -0.39 is 0 Å². The minimum absolute atomic E-state index is 0.122.